The summed E-state index contributed by atoms with van der Waals surface area (Å²) in [6.07, 6.45) is -2.55. The van der Waals surface area contributed by atoms with Crippen molar-refractivity contribution in [3.05, 3.63) is 35.1 Å². The molecule has 10 nitrogen and oxygen atoms in total. The van der Waals surface area contributed by atoms with Gasteiger partial charge in [-0.05, 0) is 37.0 Å². The van der Waals surface area contributed by atoms with E-state index in [1.165, 1.54) is 22.5 Å². The zero-order valence-corrected chi connectivity index (χ0v) is 20.7. The van der Waals surface area contributed by atoms with Crippen LogP contribution in [0, 0.1) is 12.7 Å². The Bertz CT molecular complexity index is 1370. The molecule has 12 heteroatoms. The second-order valence-corrected chi connectivity index (χ2v) is 10.1. The minimum absolute atomic E-state index is 0.00193. The summed E-state index contributed by atoms with van der Waals surface area (Å²) < 4.78 is 45.0. The molecule has 1 aromatic carbocycles. The molecule has 0 radical (unpaired) electrons. The number of aliphatic hydroxyl groups excluding tert-OH is 3. The predicted molar refractivity (Wildman–Crippen MR) is 133 cm³/mol. The summed E-state index contributed by atoms with van der Waals surface area (Å²) in [5, 5.41) is 42.6. The van der Waals surface area contributed by atoms with E-state index in [4.69, 9.17) is 8.85 Å². The summed E-state index contributed by atoms with van der Waals surface area (Å²) in [6.45, 7) is 0.405. The van der Waals surface area contributed by atoms with E-state index in [1.807, 2.05) is 6.92 Å². The maximum atomic E-state index is 14.2. The molecular weight excluding hydrogens is 487 g/mol. The Morgan fingerprint density at radius 2 is 2.14 bits per heavy atom. The number of benzene rings is 1. The van der Waals surface area contributed by atoms with E-state index in [0.29, 0.717) is 39.7 Å². The number of halogens is 1. The topological polar surface area (TPSA) is 138 Å². The third-order valence-corrected chi connectivity index (χ3v) is 7.54. The van der Waals surface area contributed by atoms with Gasteiger partial charge < -0.3 is 25.4 Å². The lowest BCUT2D eigenvalue weighted by Gasteiger charge is -2.17. The van der Waals surface area contributed by atoms with Crippen molar-refractivity contribution < 1.29 is 28.6 Å². The number of ether oxygens (including phenoxy) is 1. The molecule has 0 saturated heterocycles. The van der Waals surface area contributed by atoms with Gasteiger partial charge in [0, 0.05) is 25.5 Å². The lowest BCUT2D eigenvalue weighted by Crippen LogP contribution is -2.33. The molecule has 0 spiro atoms. The van der Waals surface area contributed by atoms with Crippen LogP contribution in [-0.2, 0) is 4.74 Å². The first-order valence-corrected chi connectivity index (χ1v) is 12.9. The summed E-state index contributed by atoms with van der Waals surface area (Å²) in [5.41, 5.74) is 1.68. The first-order valence-electron chi connectivity index (χ1n) is 13.4. The molecule has 2 heterocycles. The number of fused-ring (bicyclic) bond motifs is 1. The fraction of sp³-hybridized carbons (Fsp3) is 0.583. The quantitative estimate of drug-likeness (QED) is 0.232. The number of nitrogens with one attached hydrogen (secondary N) is 1. The van der Waals surface area contributed by atoms with E-state index >= 15 is 0 Å². The first kappa shape index (κ1) is 21.7. The third kappa shape index (κ3) is 4.92. The van der Waals surface area contributed by atoms with Gasteiger partial charge in [0.15, 0.2) is 22.1 Å². The molecule has 2 aliphatic rings. The molecule has 194 valence electrons. The van der Waals surface area contributed by atoms with Gasteiger partial charge in [-0.2, -0.15) is 0 Å². The molecule has 4 N–H and O–H groups in total. The van der Waals surface area contributed by atoms with E-state index in [-0.39, 0.29) is 18.3 Å². The lowest BCUT2D eigenvalue weighted by atomic mass is 10.1. The molecule has 2 saturated carbocycles. The van der Waals surface area contributed by atoms with E-state index in [9.17, 15) is 19.7 Å². The van der Waals surface area contributed by atoms with Crippen LogP contribution in [-0.4, -0.2) is 83.6 Å². The van der Waals surface area contributed by atoms with Gasteiger partial charge in [-0.25, -0.2) is 19.0 Å². The lowest BCUT2D eigenvalue weighted by molar-refractivity contribution is -0.0629. The van der Waals surface area contributed by atoms with Gasteiger partial charge in [0.1, 0.15) is 18.0 Å². The van der Waals surface area contributed by atoms with E-state index in [1.54, 1.807) is 19.1 Å². The number of aromatic nitrogens is 5. The van der Waals surface area contributed by atoms with Crippen molar-refractivity contribution in [3.8, 4) is 0 Å². The Balaban J connectivity index is 1.45. The fourth-order valence-corrected chi connectivity index (χ4v) is 5.13. The van der Waals surface area contributed by atoms with Gasteiger partial charge in [-0.1, -0.05) is 36.0 Å². The highest BCUT2D eigenvalue weighted by Gasteiger charge is 2.45. The second-order valence-electron chi connectivity index (χ2n) is 9.04. The maximum Gasteiger partial charge on any atom is 0.191 e. The van der Waals surface area contributed by atoms with Crippen LogP contribution in [0.1, 0.15) is 53.4 Å². The number of hydrogen-bond acceptors (Lipinski definition) is 10. The van der Waals surface area contributed by atoms with Crippen molar-refractivity contribution in [1.82, 2.24) is 25.0 Å². The molecule has 3 aromatic rings. The minimum Gasteiger partial charge on any atom is -0.394 e. The highest BCUT2D eigenvalue weighted by molar-refractivity contribution is 7.99. The zero-order valence-electron chi connectivity index (χ0n) is 22.9. The maximum absolute atomic E-state index is 14.2. The first-order chi connectivity index (χ1) is 18.5. The molecule has 36 heavy (non-hydrogen) atoms. The minimum atomic E-state index is -2.39. The molecule has 2 fully saturated rings. The van der Waals surface area contributed by atoms with Crippen molar-refractivity contribution in [2.24, 2.45) is 0 Å². The van der Waals surface area contributed by atoms with Crippen LogP contribution in [0.15, 0.2) is 23.4 Å². The molecule has 6 atom stereocenters. The summed E-state index contributed by atoms with van der Waals surface area (Å²) in [7, 11) is 0. The standard InChI is InChI=1S/C24H31FN6O4S/c1-3-8-36-24-27-22(26-16-10-14(16)13-5-4-12(2)15(25)9-13)19-23(28-24)31(30-29-19)17-11-18(35-7-6-32)21(34)20(17)33/h4-5,9,14,16-18,20-21,32-34H,3,6-8,10-11H2,1-2H3,(H,26,27,28)/t14-,16+,17+,18-,20-,21+/m0/s1/i7D2,14D. The van der Waals surface area contributed by atoms with Crippen LogP contribution in [0.2, 0.25) is 0 Å². The molecule has 0 unspecified atom stereocenters. The molecular formula is C24H31FN6O4S. The monoisotopic (exact) mass is 521 g/mol. The second kappa shape index (κ2) is 10.5. The number of nitrogens with zero attached hydrogens (tertiary/aromatic N) is 5. The van der Waals surface area contributed by atoms with Crippen molar-refractivity contribution in [2.75, 3.05) is 24.2 Å². The summed E-state index contributed by atoms with van der Waals surface area (Å²) >= 11 is 1.42. The Labute approximate surface area is 216 Å². The average molecular weight is 522 g/mol. The number of aliphatic hydroxyl groups is 3. The van der Waals surface area contributed by atoms with Crippen molar-refractivity contribution in [1.29, 1.82) is 0 Å². The van der Waals surface area contributed by atoms with E-state index in [2.05, 4.69) is 25.6 Å². The fourth-order valence-electron chi connectivity index (χ4n) is 4.44. The number of anilines is 1. The van der Waals surface area contributed by atoms with Crippen LogP contribution in [0.25, 0.3) is 11.2 Å². The van der Waals surface area contributed by atoms with Crippen molar-refractivity contribution in [3.63, 3.8) is 0 Å². The molecule has 0 bridgehead atoms. The van der Waals surface area contributed by atoms with Crippen LogP contribution in [0.4, 0.5) is 10.2 Å². The smallest absolute Gasteiger partial charge is 0.191 e. The van der Waals surface area contributed by atoms with Gasteiger partial charge >= 0.3 is 0 Å². The molecule has 2 aliphatic carbocycles. The third-order valence-electron chi connectivity index (χ3n) is 6.49. The SMILES string of the molecule is [2H]C([2H])(CO)O[C@H]1C[C@@H](n2nnc3c(N[C@@H]4C[C@@]4([2H])c4ccc(C)c(F)c4)nc(SCCC)nc32)[C@H](O)[C@@H]1O. The molecule has 0 aliphatic heterocycles. The van der Waals surface area contributed by atoms with Crippen LogP contribution < -0.4 is 5.32 Å². The normalized spacial score (nSPS) is 31.3. The van der Waals surface area contributed by atoms with Crippen LogP contribution >= 0.6 is 11.8 Å². The summed E-state index contributed by atoms with van der Waals surface area (Å²) in [6, 6.07) is 3.62. The molecule has 2 aromatic heterocycles. The molecule has 0 amide bonds. The van der Waals surface area contributed by atoms with Crippen molar-refractivity contribution in [2.45, 2.75) is 74.6 Å². The number of thioether (sulfide) groups is 1. The van der Waals surface area contributed by atoms with Gasteiger partial charge in [0.2, 0.25) is 0 Å². The number of aryl methyl sites for hydroxylation is 1. The molecule has 5 rings (SSSR count). The highest BCUT2D eigenvalue weighted by atomic mass is 32.2. The Kier molecular flexibility index (Phi) is 6.35. The van der Waals surface area contributed by atoms with Gasteiger partial charge in [-0.3, -0.25) is 0 Å². The summed E-state index contributed by atoms with van der Waals surface area (Å²) in [4.78, 5) is 9.21. The Morgan fingerprint density at radius 1 is 1.31 bits per heavy atom. The summed E-state index contributed by atoms with van der Waals surface area (Å²) in [5.74, 6) is -0.297. The van der Waals surface area contributed by atoms with E-state index < -0.39 is 43.4 Å². The van der Waals surface area contributed by atoms with Crippen molar-refractivity contribution >= 4 is 28.7 Å². The number of hydrogen-bond donors (Lipinski definition) is 4. The number of rotatable bonds is 10. The van der Waals surface area contributed by atoms with Gasteiger partial charge in [0.05, 0.1) is 28.1 Å². The average Bonchev–Trinajstić information content (AvgIpc) is 3.23. The van der Waals surface area contributed by atoms with Gasteiger partial charge in [-0.15, -0.1) is 5.10 Å². The van der Waals surface area contributed by atoms with Crippen LogP contribution in [0.5, 0.6) is 0 Å². The Hall–Kier alpha value is -2.38. The predicted octanol–water partition coefficient (Wildman–Crippen LogP) is 2.18. The Morgan fingerprint density at radius 3 is 2.89 bits per heavy atom. The highest BCUT2D eigenvalue weighted by Crippen LogP contribution is 2.44. The zero-order chi connectivity index (χ0) is 28.1. The van der Waals surface area contributed by atoms with Crippen LogP contribution in [0.3, 0.4) is 0 Å². The van der Waals surface area contributed by atoms with E-state index in [0.717, 1.165) is 12.2 Å². The van der Waals surface area contributed by atoms with Gasteiger partial charge in [0.25, 0.3) is 0 Å². The largest absolute Gasteiger partial charge is 0.394 e.